The highest BCUT2D eigenvalue weighted by Crippen LogP contribution is 2.23. The number of hydrogen-bond donors (Lipinski definition) is 4. The SMILES string of the molecule is NC(=O)COc1cccc(Nc2nc(Nc3cccc(C(N)=O)c3)ncc2F)c1. The number of carbonyl (C=O) groups is 2. The van der Waals surface area contributed by atoms with Crippen LogP contribution in [0.1, 0.15) is 10.4 Å². The minimum absolute atomic E-state index is 0.0828. The second-order valence-corrected chi connectivity index (χ2v) is 5.87. The van der Waals surface area contributed by atoms with Gasteiger partial charge < -0.3 is 26.8 Å². The maximum atomic E-state index is 14.1. The van der Waals surface area contributed by atoms with Gasteiger partial charge in [0.1, 0.15) is 5.75 Å². The van der Waals surface area contributed by atoms with E-state index >= 15 is 0 Å². The zero-order valence-electron chi connectivity index (χ0n) is 15.1. The van der Waals surface area contributed by atoms with E-state index in [4.69, 9.17) is 16.2 Å². The van der Waals surface area contributed by atoms with Gasteiger partial charge in [0.05, 0.1) is 6.20 Å². The van der Waals surface area contributed by atoms with E-state index in [1.54, 1.807) is 42.5 Å². The lowest BCUT2D eigenvalue weighted by Gasteiger charge is -2.11. The summed E-state index contributed by atoms with van der Waals surface area (Å²) in [7, 11) is 0. The number of hydrogen-bond acceptors (Lipinski definition) is 7. The van der Waals surface area contributed by atoms with E-state index < -0.39 is 17.6 Å². The predicted octanol–water partition coefficient (Wildman–Crippen LogP) is 2.07. The third-order valence-corrected chi connectivity index (χ3v) is 3.63. The number of amides is 2. The molecule has 0 aliphatic heterocycles. The first-order chi connectivity index (χ1) is 13.9. The first-order valence-corrected chi connectivity index (χ1v) is 8.38. The predicted molar refractivity (Wildman–Crippen MR) is 105 cm³/mol. The van der Waals surface area contributed by atoms with Crippen LogP contribution >= 0.6 is 0 Å². The molecular weight excluding hydrogens is 379 g/mol. The molecule has 2 aromatic carbocycles. The summed E-state index contributed by atoms with van der Waals surface area (Å²) in [6, 6.07) is 12.9. The van der Waals surface area contributed by atoms with Gasteiger partial charge in [-0.05, 0) is 30.3 Å². The van der Waals surface area contributed by atoms with E-state index in [2.05, 4.69) is 20.6 Å². The number of halogens is 1. The Hall–Kier alpha value is -4.21. The Kier molecular flexibility index (Phi) is 5.83. The summed E-state index contributed by atoms with van der Waals surface area (Å²) in [6.07, 6.45) is 1.00. The van der Waals surface area contributed by atoms with Crippen LogP contribution in [0.25, 0.3) is 0 Å². The first-order valence-electron chi connectivity index (χ1n) is 8.38. The Morgan fingerprint density at radius 2 is 1.76 bits per heavy atom. The van der Waals surface area contributed by atoms with Crippen molar-refractivity contribution in [3.05, 3.63) is 66.1 Å². The molecule has 0 aliphatic carbocycles. The van der Waals surface area contributed by atoms with Gasteiger partial charge in [0.25, 0.3) is 5.91 Å². The van der Waals surface area contributed by atoms with Gasteiger partial charge in [0.2, 0.25) is 11.9 Å². The van der Waals surface area contributed by atoms with Crippen molar-refractivity contribution < 1.29 is 18.7 Å². The van der Waals surface area contributed by atoms with Gasteiger partial charge in [-0.2, -0.15) is 4.98 Å². The van der Waals surface area contributed by atoms with E-state index in [9.17, 15) is 14.0 Å². The second-order valence-electron chi connectivity index (χ2n) is 5.87. The van der Waals surface area contributed by atoms with Gasteiger partial charge in [-0.25, -0.2) is 9.37 Å². The highest BCUT2D eigenvalue weighted by molar-refractivity contribution is 5.93. The molecule has 2 amide bonds. The van der Waals surface area contributed by atoms with Gasteiger partial charge in [-0.1, -0.05) is 12.1 Å². The van der Waals surface area contributed by atoms with E-state index in [-0.39, 0.29) is 18.4 Å². The van der Waals surface area contributed by atoms with Crippen molar-refractivity contribution in [3.8, 4) is 5.75 Å². The summed E-state index contributed by atoms with van der Waals surface area (Å²) in [5.41, 5.74) is 11.6. The Balaban J connectivity index is 1.77. The molecule has 3 rings (SSSR count). The number of ether oxygens (including phenoxy) is 1. The van der Waals surface area contributed by atoms with Crippen molar-refractivity contribution >= 4 is 35.0 Å². The maximum Gasteiger partial charge on any atom is 0.255 e. The van der Waals surface area contributed by atoms with Gasteiger partial charge in [0, 0.05) is 23.0 Å². The topological polar surface area (TPSA) is 145 Å². The van der Waals surface area contributed by atoms with Crippen LogP contribution in [0.5, 0.6) is 5.75 Å². The van der Waals surface area contributed by atoms with Crippen molar-refractivity contribution in [1.29, 1.82) is 0 Å². The van der Waals surface area contributed by atoms with E-state index in [0.717, 1.165) is 6.20 Å². The second kappa shape index (κ2) is 8.65. The van der Waals surface area contributed by atoms with Gasteiger partial charge in [0.15, 0.2) is 18.2 Å². The molecule has 29 heavy (non-hydrogen) atoms. The maximum absolute atomic E-state index is 14.1. The highest BCUT2D eigenvalue weighted by atomic mass is 19.1. The number of aromatic nitrogens is 2. The van der Waals surface area contributed by atoms with Crippen molar-refractivity contribution in [2.75, 3.05) is 17.2 Å². The monoisotopic (exact) mass is 396 g/mol. The summed E-state index contributed by atoms with van der Waals surface area (Å²) < 4.78 is 19.4. The fourth-order valence-corrected chi connectivity index (χ4v) is 2.35. The van der Waals surface area contributed by atoms with Crippen LogP contribution in [0.2, 0.25) is 0 Å². The van der Waals surface area contributed by atoms with E-state index in [1.807, 2.05) is 0 Å². The minimum Gasteiger partial charge on any atom is -0.484 e. The molecule has 3 aromatic rings. The number of primary amides is 2. The van der Waals surface area contributed by atoms with Crippen LogP contribution in [0.15, 0.2) is 54.7 Å². The Morgan fingerprint density at radius 1 is 1.03 bits per heavy atom. The zero-order valence-corrected chi connectivity index (χ0v) is 15.1. The number of nitrogens with two attached hydrogens (primary N) is 2. The fourth-order valence-electron chi connectivity index (χ4n) is 2.35. The number of benzene rings is 2. The molecule has 10 heteroatoms. The molecule has 1 heterocycles. The molecule has 148 valence electrons. The molecule has 6 N–H and O–H groups in total. The summed E-state index contributed by atoms with van der Waals surface area (Å²) in [4.78, 5) is 30.1. The van der Waals surface area contributed by atoms with Crippen LogP contribution in [-0.4, -0.2) is 28.4 Å². The van der Waals surface area contributed by atoms with Crippen LogP contribution < -0.4 is 26.8 Å². The lowest BCUT2D eigenvalue weighted by Crippen LogP contribution is -2.20. The molecule has 1 aromatic heterocycles. The molecule has 0 saturated heterocycles. The van der Waals surface area contributed by atoms with Crippen LogP contribution in [0, 0.1) is 5.82 Å². The van der Waals surface area contributed by atoms with E-state index in [1.165, 1.54) is 6.07 Å². The van der Waals surface area contributed by atoms with E-state index in [0.29, 0.717) is 22.7 Å². The average Bonchev–Trinajstić information content (AvgIpc) is 2.69. The lowest BCUT2D eigenvalue weighted by atomic mass is 10.2. The van der Waals surface area contributed by atoms with Crippen LogP contribution in [0.3, 0.4) is 0 Å². The normalized spacial score (nSPS) is 10.2. The summed E-state index contributed by atoms with van der Waals surface area (Å²) in [5, 5.41) is 5.70. The average molecular weight is 396 g/mol. The molecule has 0 radical (unpaired) electrons. The van der Waals surface area contributed by atoms with Crippen LogP contribution in [-0.2, 0) is 4.79 Å². The number of nitrogens with zero attached hydrogens (tertiary/aromatic N) is 2. The van der Waals surface area contributed by atoms with Crippen LogP contribution in [0.4, 0.5) is 27.5 Å². The smallest absolute Gasteiger partial charge is 0.255 e. The standard InChI is InChI=1S/C19H17FN6O3/c20-15-9-23-19(25-12-4-1-3-11(7-12)17(22)28)26-18(15)24-13-5-2-6-14(8-13)29-10-16(21)27/h1-9H,10H2,(H2,21,27)(H2,22,28)(H2,23,24,25,26). The summed E-state index contributed by atoms with van der Waals surface area (Å²) in [5.74, 6) is -1.46. The van der Waals surface area contributed by atoms with Gasteiger partial charge in [-0.15, -0.1) is 0 Å². The number of anilines is 4. The molecule has 0 aliphatic rings. The quantitative estimate of drug-likeness (QED) is 0.456. The Morgan fingerprint density at radius 3 is 2.48 bits per heavy atom. The van der Waals surface area contributed by atoms with Crippen molar-refractivity contribution in [2.24, 2.45) is 11.5 Å². The number of rotatable bonds is 8. The van der Waals surface area contributed by atoms with Gasteiger partial charge >= 0.3 is 0 Å². The number of nitrogens with one attached hydrogen (secondary N) is 2. The van der Waals surface area contributed by atoms with Crippen molar-refractivity contribution in [1.82, 2.24) is 9.97 Å². The third-order valence-electron chi connectivity index (χ3n) is 3.63. The molecule has 0 saturated carbocycles. The van der Waals surface area contributed by atoms with Crippen molar-refractivity contribution in [3.63, 3.8) is 0 Å². The largest absolute Gasteiger partial charge is 0.484 e. The fraction of sp³-hybridized carbons (Fsp3) is 0.0526. The Labute approximate surface area is 164 Å². The number of carbonyl (C=O) groups excluding carboxylic acids is 2. The minimum atomic E-state index is -0.676. The lowest BCUT2D eigenvalue weighted by molar-refractivity contribution is -0.119. The molecule has 0 bridgehead atoms. The van der Waals surface area contributed by atoms with Crippen molar-refractivity contribution in [2.45, 2.75) is 0 Å². The summed E-state index contributed by atoms with van der Waals surface area (Å²) >= 11 is 0. The zero-order chi connectivity index (χ0) is 20.8. The highest BCUT2D eigenvalue weighted by Gasteiger charge is 2.09. The third kappa shape index (κ3) is 5.39. The molecule has 0 spiro atoms. The summed E-state index contributed by atoms with van der Waals surface area (Å²) in [6.45, 7) is -0.274. The first kappa shape index (κ1) is 19.5. The molecular formula is C19H17FN6O3. The molecule has 0 fully saturated rings. The molecule has 0 atom stereocenters. The molecule has 0 unspecified atom stereocenters. The Bertz CT molecular complexity index is 1060. The van der Waals surface area contributed by atoms with Gasteiger partial charge in [-0.3, -0.25) is 9.59 Å². The molecule has 9 nitrogen and oxygen atoms in total.